The van der Waals surface area contributed by atoms with Gasteiger partial charge in [0.2, 0.25) is 0 Å². The molecule has 52 valence electrons. The molecule has 1 nitrogen and oxygen atoms in total. The van der Waals surface area contributed by atoms with E-state index in [0.29, 0.717) is 6.04 Å². The highest BCUT2D eigenvalue weighted by Gasteiger charge is 2.19. The first-order valence-electron chi connectivity index (χ1n) is 3.80. The maximum Gasteiger partial charge on any atom is 0.0477 e. The van der Waals surface area contributed by atoms with E-state index < -0.39 is 0 Å². The molecule has 0 radical (unpaired) electrons. The second-order valence-electron chi connectivity index (χ2n) is 2.96. The molecule has 0 saturated heterocycles. The number of nitrogens with zero attached hydrogens (tertiary/aromatic N) is 1. The van der Waals surface area contributed by atoms with Crippen LogP contribution in [-0.4, -0.2) is 11.8 Å². The summed E-state index contributed by atoms with van der Waals surface area (Å²) in [4.78, 5) is 4.50. The largest absolute Gasteiger partial charge is 0.291 e. The predicted molar refractivity (Wildman–Crippen MR) is 41.0 cm³/mol. The second kappa shape index (κ2) is 2.51. The van der Waals surface area contributed by atoms with Crippen molar-refractivity contribution in [3.8, 4) is 0 Å². The molecule has 0 aromatic rings. The molecule has 0 bridgehead atoms. The number of rotatable bonds is 1. The van der Waals surface area contributed by atoms with Gasteiger partial charge in [-0.3, -0.25) is 4.99 Å². The minimum atomic E-state index is 0.593. The average molecular weight is 125 g/mol. The quantitative estimate of drug-likeness (QED) is 0.509. The van der Waals surface area contributed by atoms with E-state index in [9.17, 15) is 0 Å². The van der Waals surface area contributed by atoms with Crippen molar-refractivity contribution >= 4 is 5.71 Å². The lowest BCUT2D eigenvalue weighted by molar-refractivity contribution is 0.640. The van der Waals surface area contributed by atoms with Crippen molar-refractivity contribution in [2.45, 2.75) is 39.7 Å². The van der Waals surface area contributed by atoms with E-state index in [-0.39, 0.29) is 0 Å². The summed E-state index contributed by atoms with van der Waals surface area (Å²) >= 11 is 0. The van der Waals surface area contributed by atoms with Crippen LogP contribution >= 0.6 is 0 Å². The third-order valence-corrected chi connectivity index (χ3v) is 2.01. The minimum Gasteiger partial charge on any atom is -0.291 e. The maximum absolute atomic E-state index is 4.50. The Labute approximate surface area is 57.2 Å². The van der Waals surface area contributed by atoms with Crippen LogP contribution < -0.4 is 0 Å². The fraction of sp³-hybridized carbons (Fsp3) is 0.875. The van der Waals surface area contributed by atoms with Crippen LogP contribution in [0, 0.1) is 5.92 Å². The Kier molecular flexibility index (Phi) is 1.89. The summed E-state index contributed by atoms with van der Waals surface area (Å²) in [7, 11) is 0. The molecule has 0 saturated carbocycles. The fourth-order valence-corrected chi connectivity index (χ4v) is 1.55. The van der Waals surface area contributed by atoms with E-state index in [1.165, 1.54) is 12.1 Å². The molecule has 1 aliphatic rings. The van der Waals surface area contributed by atoms with Gasteiger partial charge in [-0.25, -0.2) is 0 Å². The van der Waals surface area contributed by atoms with E-state index in [1.54, 1.807) is 0 Å². The molecule has 0 fully saturated rings. The topological polar surface area (TPSA) is 12.4 Å². The third kappa shape index (κ3) is 1.32. The van der Waals surface area contributed by atoms with Gasteiger partial charge in [0.25, 0.3) is 0 Å². The summed E-state index contributed by atoms with van der Waals surface area (Å²) in [6.07, 6.45) is 2.41. The zero-order valence-corrected chi connectivity index (χ0v) is 6.52. The highest BCUT2D eigenvalue weighted by molar-refractivity contribution is 5.87. The third-order valence-electron chi connectivity index (χ3n) is 2.01. The van der Waals surface area contributed by atoms with Gasteiger partial charge in [-0.05, 0) is 25.7 Å². The summed E-state index contributed by atoms with van der Waals surface area (Å²) < 4.78 is 0. The van der Waals surface area contributed by atoms with Crippen molar-refractivity contribution in [2.24, 2.45) is 10.9 Å². The molecule has 0 spiro atoms. The number of hydrogen-bond acceptors (Lipinski definition) is 1. The highest BCUT2D eigenvalue weighted by atomic mass is 14.8. The van der Waals surface area contributed by atoms with Crippen LogP contribution in [0.2, 0.25) is 0 Å². The second-order valence-corrected chi connectivity index (χ2v) is 2.96. The number of hydrogen-bond donors (Lipinski definition) is 0. The van der Waals surface area contributed by atoms with Gasteiger partial charge < -0.3 is 0 Å². The summed E-state index contributed by atoms with van der Waals surface area (Å²) in [6.45, 7) is 6.65. The lowest BCUT2D eigenvalue weighted by Crippen LogP contribution is -2.03. The zero-order chi connectivity index (χ0) is 6.85. The monoisotopic (exact) mass is 125 g/mol. The van der Waals surface area contributed by atoms with Crippen molar-refractivity contribution in [2.75, 3.05) is 0 Å². The van der Waals surface area contributed by atoms with E-state index in [1.807, 2.05) is 0 Å². The van der Waals surface area contributed by atoms with Crippen LogP contribution in [0.1, 0.15) is 33.6 Å². The van der Waals surface area contributed by atoms with E-state index in [2.05, 4.69) is 25.8 Å². The Morgan fingerprint density at radius 1 is 1.56 bits per heavy atom. The molecule has 0 aromatic carbocycles. The molecule has 1 rings (SSSR count). The van der Waals surface area contributed by atoms with Crippen molar-refractivity contribution in [3.63, 3.8) is 0 Å². The molecule has 0 N–H and O–H groups in total. The van der Waals surface area contributed by atoms with Crippen LogP contribution in [0.25, 0.3) is 0 Å². The molecule has 2 unspecified atom stereocenters. The molecular formula is C8H15N. The van der Waals surface area contributed by atoms with Gasteiger partial charge in [-0.15, -0.1) is 0 Å². The summed E-state index contributed by atoms with van der Waals surface area (Å²) in [5, 5.41) is 0. The first-order valence-corrected chi connectivity index (χ1v) is 3.80. The number of aliphatic imine (C=N–C) groups is 1. The van der Waals surface area contributed by atoms with Gasteiger partial charge in [0.15, 0.2) is 0 Å². The van der Waals surface area contributed by atoms with E-state index in [4.69, 9.17) is 0 Å². The van der Waals surface area contributed by atoms with Crippen LogP contribution in [0.4, 0.5) is 0 Å². The molecule has 2 atom stereocenters. The average Bonchev–Trinajstić information content (AvgIpc) is 2.10. The summed E-state index contributed by atoms with van der Waals surface area (Å²) in [5.41, 5.74) is 1.42. The standard InChI is InChI=1S/C8H15N/c1-4-8-6(2)5-7(3)9-8/h6-7H,4-5H2,1-3H3. The van der Waals surface area contributed by atoms with Gasteiger partial charge in [0.1, 0.15) is 0 Å². The molecule has 1 heterocycles. The SMILES string of the molecule is CCC1=NC(C)CC1C. The van der Waals surface area contributed by atoms with E-state index in [0.717, 1.165) is 12.3 Å². The Morgan fingerprint density at radius 3 is 2.44 bits per heavy atom. The molecule has 1 heteroatoms. The lowest BCUT2D eigenvalue weighted by Gasteiger charge is -2.01. The smallest absolute Gasteiger partial charge is 0.0477 e. The van der Waals surface area contributed by atoms with Crippen molar-refractivity contribution < 1.29 is 0 Å². The zero-order valence-electron chi connectivity index (χ0n) is 6.52. The summed E-state index contributed by atoms with van der Waals surface area (Å²) in [6, 6.07) is 0.593. The lowest BCUT2D eigenvalue weighted by atomic mass is 10.0. The van der Waals surface area contributed by atoms with Crippen LogP contribution in [0.3, 0.4) is 0 Å². The van der Waals surface area contributed by atoms with Gasteiger partial charge in [0.05, 0.1) is 0 Å². The van der Waals surface area contributed by atoms with E-state index >= 15 is 0 Å². The van der Waals surface area contributed by atoms with Crippen LogP contribution in [0.5, 0.6) is 0 Å². The van der Waals surface area contributed by atoms with Gasteiger partial charge in [0, 0.05) is 11.8 Å². The molecular weight excluding hydrogens is 110 g/mol. The predicted octanol–water partition coefficient (Wildman–Crippen LogP) is 2.27. The molecule has 1 aliphatic heterocycles. The van der Waals surface area contributed by atoms with Gasteiger partial charge >= 0.3 is 0 Å². The first kappa shape index (κ1) is 6.79. The minimum absolute atomic E-state index is 0.593. The fourth-order valence-electron chi connectivity index (χ4n) is 1.55. The Balaban J connectivity index is 2.57. The van der Waals surface area contributed by atoms with Crippen molar-refractivity contribution in [3.05, 3.63) is 0 Å². The van der Waals surface area contributed by atoms with Crippen LogP contribution in [-0.2, 0) is 0 Å². The Morgan fingerprint density at radius 2 is 2.22 bits per heavy atom. The van der Waals surface area contributed by atoms with Crippen molar-refractivity contribution in [1.82, 2.24) is 0 Å². The summed E-state index contributed by atoms with van der Waals surface area (Å²) in [5.74, 6) is 0.755. The normalized spacial score (nSPS) is 34.8. The highest BCUT2D eigenvalue weighted by Crippen LogP contribution is 2.20. The molecule has 0 aromatic heterocycles. The Bertz CT molecular complexity index is 127. The van der Waals surface area contributed by atoms with Gasteiger partial charge in [-0.1, -0.05) is 13.8 Å². The Hall–Kier alpha value is -0.330. The molecule has 0 amide bonds. The van der Waals surface area contributed by atoms with Gasteiger partial charge in [-0.2, -0.15) is 0 Å². The maximum atomic E-state index is 4.50. The van der Waals surface area contributed by atoms with Crippen molar-refractivity contribution in [1.29, 1.82) is 0 Å². The molecule has 9 heavy (non-hydrogen) atoms. The molecule has 0 aliphatic carbocycles. The first-order chi connectivity index (χ1) is 4.24. The van der Waals surface area contributed by atoms with Crippen LogP contribution in [0.15, 0.2) is 4.99 Å².